The van der Waals surface area contributed by atoms with Gasteiger partial charge in [0.2, 0.25) is 0 Å². The number of rotatable bonds is 4. The van der Waals surface area contributed by atoms with Gasteiger partial charge in [-0.1, -0.05) is 19.1 Å². The summed E-state index contributed by atoms with van der Waals surface area (Å²) in [7, 11) is 0. The minimum Gasteiger partial charge on any atom is -0.271 e. The number of nitrogens with one attached hydrogen (secondary N) is 1. The fourth-order valence-corrected chi connectivity index (χ4v) is 3.55. The van der Waals surface area contributed by atoms with Gasteiger partial charge >= 0.3 is 0 Å². The van der Waals surface area contributed by atoms with Crippen LogP contribution < -0.4 is 11.3 Å². The van der Waals surface area contributed by atoms with E-state index in [1.807, 2.05) is 24.3 Å². The quantitative estimate of drug-likeness (QED) is 0.570. The van der Waals surface area contributed by atoms with Crippen molar-refractivity contribution in [2.75, 3.05) is 0 Å². The van der Waals surface area contributed by atoms with Crippen molar-refractivity contribution in [3.05, 3.63) is 63.5 Å². The fourth-order valence-electron chi connectivity index (χ4n) is 2.51. The summed E-state index contributed by atoms with van der Waals surface area (Å²) in [5.41, 5.74) is 6.16. The van der Waals surface area contributed by atoms with Gasteiger partial charge in [-0.05, 0) is 49.2 Å². The minimum atomic E-state index is 0.0287. The molecule has 3 nitrogen and oxygen atoms in total. The van der Waals surface area contributed by atoms with Gasteiger partial charge in [0.15, 0.2) is 0 Å². The van der Waals surface area contributed by atoms with E-state index in [2.05, 4.69) is 53.7 Å². The first kappa shape index (κ1) is 14.2. The first-order chi connectivity index (χ1) is 10.2. The Bertz CT molecular complexity index is 764. The van der Waals surface area contributed by atoms with Crippen LogP contribution in [-0.4, -0.2) is 4.98 Å². The topological polar surface area (TPSA) is 50.9 Å². The number of fused-ring (bicyclic) bond motifs is 1. The Labute approximate surface area is 128 Å². The van der Waals surface area contributed by atoms with E-state index in [9.17, 15) is 0 Å². The predicted octanol–water partition coefficient (Wildman–Crippen LogP) is 3.72. The third kappa shape index (κ3) is 2.83. The van der Waals surface area contributed by atoms with Crippen LogP contribution in [0.25, 0.3) is 10.9 Å². The van der Waals surface area contributed by atoms with Gasteiger partial charge in [0.25, 0.3) is 0 Å². The lowest BCUT2D eigenvalue weighted by atomic mass is 10.0. The molecule has 3 aromatic rings. The average Bonchev–Trinajstić information content (AvgIpc) is 2.97. The molecule has 0 saturated heterocycles. The van der Waals surface area contributed by atoms with Crippen molar-refractivity contribution in [2.24, 2.45) is 5.84 Å². The maximum Gasteiger partial charge on any atom is 0.0802 e. The number of nitrogens with zero attached hydrogens (tertiary/aromatic N) is 1. The van der Waals surface area contributed by atoms with Gasteiger partial charge in [-0.2, -0.15) is 0 Å². The first-order valence-electron chi connectivity index (χ1n) is 7.13. The number of nitrogens with two attached hydrogens (primary N) is 1. The molecule has 2 heterocycles. The highest BCUT2D eigenvalue weighted by Crippen LogP contribution is 2.29. The average molecular weight is 297 g/mol. The molecule has 3 N–H and O–H groups in total. The van der Waals surface area contributed by atoms with Gasteiger partial charge in [0, 0.05) is 20.8 Å². The Balaban J connectivity index is 2.02. The molecule has 1 unspecified atom stereocenters. The van der Waals surface area contributed by atoms with Crippen molar-refractivity contribution in [1.29, 1.82) is 0 Å². The highest BCUT2D eigenvalue weighted by Gasteiger charge is 2.15. The Morgan fingerprint density at radius 2 is 2.05 bits per heavy atom. The zero-order valence-corrected chi connectivity index (χ0v) is 13.1. The van der Waals surface area contributed by atoms with E-state index in [-0.39, 0.29) is 6.04 Å². The van der Waals surface area contributed by atoms with Crippen LogP contribution in [0.4, 0.5) is 0 Å². The van der Waals surface area contributed by atoms with Crippen LogP contribution in [0.15, 0.2) is 42.5 Å². The van der Waals surface area contributed by atoms with E-state index < -0.39 is 0 Å². The van der Waals surface area contributed by atoms with Crippen molar-refractivity contribution in [2.45, 2.75) is 26.3 Å². The second kappa shape index (κ2) is 5.93. The molecule has 0 bridgehead atoms. The number of hydrogen-bond donors (Lipinski definition) is 2. The predicted molar refractivity (Wildman–Crippen MR) is 89.3 cm³/mol. The molecular weight excluding hydrogens is 278 g/mol. The van der Waals surface area contributed by atoms with Crippen molar-refractivity contribution >= 4 is 22.2 Å². The van der Waals surface area contributed by atoms with E-state index in [0.717, 1.165) is 23.0 Å². The molecule has 0 amide bonds. The second-order valence-electron chi connectivity index (χ2n) is 5.16. The number of aromatic nitrogens is 1. The third-order valence-electron chi connectivity index (χ3n) is 3.67. The highest BCUT2D eigenvalue weighted by molar-refractivity contribution is 7.12. The van der Waals surface area contributed by atoms with Crippen LogP contribution in [0, 0.1) is 6.92 Å². The molecule has 21 heavy (non-hydrogen) atoms. The molecule has 4 heteroatoms. The molecule has 0 spiro atoms. The van der Waals surface area contributed by atoms with E-state index >= 15 is 0 Å². The number of pyridine rings is 1. The molecule has 0 aliphatic heterocycles. The summed E-state index contributed by atoms with van der Waals surface area (Å²) >= 11 is 1.81. The molecule has 0 aliphatic carbocycles. The summed E-state index contributed by atoms with van der Waals surface area (Å²) in [5, 5.41) is 1.14. The lowest BCUT2D eigenvalue weighted by Crippen LogP contribution is -2.28. The van der Waals surface area contributed by atoms with Crippen LogP contribution in [0.1, 0.15) is 34.0 Å². The normalized spacial score (nSPS) is 12.7. The van der Waals surface area contributed by atoms with Crippen LogP contribution in [0.5, 0.6) is 0 Å². The van der Waals surface area contributed by atoms with Crippen molar-refractivity contribution in [1.82, 2.24) is 10.4 Å². The zero-order chi connectivity index (χ0) is 14.8. The Hall–Kier alpha value is -1.75. The van der Waals surface area contributed by atoms with Crippen LogP contribution in [-0.2, 0) is 6.42 Å². The lowest BCUT2D eigenvalue weighted by Gasteiger charge is -2.15. The van der Waals surface area contributed by atoms with Gasteiger partial charge < -0.3 is 0 Å². The van der Waals surface area contributed by atoms with Crippen molar-refractivity contribution in [3.63, 3.8) is 0 Å². The van der Waals surface area contributed by atoms with E-state index in [0.29, 0.717) is 0 Å². The largest absolute Gasteiger partial charge is 0.271 e. The summed E-state index contributed by atoms with van der Waals surface area (Å²) in [6.07, 6.45) is 1.06. The first-order valence-corrected chi connectivity index (χ1v) is 7.95. The maximum absolute atomic E-state index is 5.80. The van der Waals surface area contributed by atoms with Gasteiger partial charge in [-0.15, -0.1) is 11.3 Å². The zero-order valence-electron chi connectivity index (χ0n) is 12.3. The van der Waals surface area contributed by atoms with E-state index in [1.54, 1.807) is 0 Å². The summed E-state index contributed by atoms with van der Waals surface area (Å²) in [6.45, 7) is 4.18. The van der Waals surface area contributed by atoms with Crippen molar-refractivity contribution < 1.29 is 0 Å². The molecule has 0 fully saturated rings. The second-order valence-corrected chi connectivity index (χ2v) is 6.36. The minimum absolute atomic E-state index is 0.0287. The Morgan fingerprint density at radius 1 is 1.19 bits per heavy atom. The van der Waals surface area contributed by atoms with Gasteiger partial charge in [0.05, 0.1) is 11.6 Å². The van der Waals surface area contributed by atoms with Gasteiger partial charge in [-0.3, -0.25) is 10.8 Å². The number of aryl methyl sites for hydroxylation is 2. The highest BCUT2D eigenvalue weighted by atomic mass is 32.1. The van der Waals surface area contributed by atoms with Crippen molar-refractivity contribution in [3.8, 4) is 0 Å². The maximum atomic E-state index is 5.80. The van der Waals surface area contributed by atoms with E-state index in [1.165, 1.54) is 15.3 Å². The Kier molecular flexibility index (Phi) is 4.01. The molecule has 1 atom stereocenters. The van der Waals surface area contributed by atoms with Gasteiger partial charge in [0.1, 0.15) is 0 Å². The smallest absolute Gasteiger partial charge is 0.0802 e. The molecule has 1 aromatic carbocycles. The number of hydrazine groups is 1. The van der Waals surface area contributed by atoms with E-state index in [4.69, 9.17) is 5.84 Å². The summed E-state index contributed by atoms with van der Waals surface area (Å²) in [4.78, 5) is 7.17. The molecule has 2 aromatic heterocycles. The monoisotopic (exact) mass is 297 g/mol. The number of thiophene rings is 1. The molecule has 0 radical (unpaired) electrons. The van der Waals surface area contributed by atoms with Crippen LogP contribution in [0.3, 0.4) is 0 Å². The number of hydrogen-bond acceptors (Lipinski definition) is 4. The van der Waals surface area contributed by atoms with Crippen LogP contribution in [0.2, 0.25) is 0 Å². The summed E-state index contributed by atoms with van der Waals surface area (Å²) in [6, 6.07) is 14.8. The standard InChI is InChI=1S/C17H19N3S/c1-3-14-7-9-16(21-14)17(20-18)13-6-8-15-12(10-13)5-4-11(2)19-15/h4-10,17,20H,3,18H2,1-2H3. The molecule has 0 aliphatic rings. The fraction of sp³-hybridized carbons (Fsp3) is 0.235. The number of benzene rings is 1. The molecule has 108 valence electrons. The summed E-state index contributed by atoms with van der Waals surface area (Å²) in [5.74, 6) is 5.80. The SMILES string of the molecule is CCc1ccc(C(NN)c2ccc3nc(C)ccc3c2)s1. The Morgan fingerprint density at radius 3 is 2.76 bits per heavy atom. The lowest BCUT2D eigenvalue weighted by molar-refractivity contribution is 0.647. The molecular formula is C17H19N3S. The molecule has 0 saturated carbocycles. The van der Waals surface area contributed by atoms with Gasteiger partial charge in [-0.25, -0.2) is 5.43 Å². The van der Waals surface area contributed by atoms with Crippen LogP contribution >= 0.6 is 11.3 Å². The third-order valence-corrected chi connectivity index (χ3v) is 4.96. The summed E-state index contributed by atoms with van der Waals surface area (Å²) < 4.78 is 0. The molecule has 3 rings (SSSR count).